The van der Waals surface area contributed by atoms with Gasteiger partial charge in [-0.25, -0.2) is 0 Å². The molecule has 1 N–H and O–H groups in total. The molecule has 0 radical (unpaired) electrons. The van der Waals surface area contributed by atoms with E-state index >= 15 is 0 Å². The van der Waals surface area contributed by atoms with Gasteiger partial charge in [0.25, 0.3) is 11.6 Å². The number of nitrogens with one attached hydrogen (secondary N) is 1. The van der Waals surface area contributed by atoms with Crippen LogP contribution in [0.25, 0.3) is 0 Å². The third kappa shape index (κ3) is 4.99. The summed E-state index contributed by atoms with van der Waals surface area (Å²) in [6.45, 7) is 1.54. The van der Waals surface area contributed by atoms with Gasteiger partial charge in [-0.3, -0.25) is 19.7 Å². The van der Waals surface area contributed by atoms with E-state index < -0.39 is 10.8 Å². The number of ether oxygens (including phenoxy) is 1. The minimum Gasteiger partial charge on any atom is -0.486 e. The predicted molar refractivity (Wildman–Crippen MR) is 106 cm³/mol. The molecule has 0 spiro atoms. The van der Waals surface area contributed by atoms with Gasteiger partial charge in [0.15, 0.2) is 11.5 Å². The number of rotatable bonds is 7. The molecular formula is C20H15ClN2O6. The lowest BCUT2D eigenvalue weighted by Gasteiger charge is -2.06. The summed E-state index contributed by atoms with van der Waals surface area (Å²) in [5.74, 6) is 0.206. The fraction of sp³-hybridized carbons (Fsp3) is 0.100. The summed E-state index contributed by atoms with van der Waals surface area (Å²) < 4.78 is 11.0. The van der Waals surface area contributed by atoms with E-state index in [2.05, 4.69) is 5.32 Å². The highest BCUT2D eigenvalue weighted by molar-refractivity contribution is 6.31. The molecule has 0 aliphatic heterocycles. The standard InChI is InChI=1S/C20H15ClN2O6/c1-12(24)13-2-5-15(6-3-13)28-11-16-7-9-19(29-16)20(25)22-17-8-4-14(21)10-18(17)23(26)27/h2-10H,11H2,1H3,(H,22,25). The van der Waals surface area contributed by atoms with Crippen LogP contribution in [0.3, 0.4) is 0 Å². The molecule has 3 aromatic rings. The van der Waals surface area contributed by atoms with Crippen LogP contribution in [0.1, 0.15) is 33.6 Å². The summed E-state index contributed by atoms with van der Waals surface area (Å²) in [5.41, 5.74) is 0.254. The number of nitrogens with zero attached hydrogens (tertiary/aromatic N) is 1. The number of furan rings is 1. The number of carbonyl (C=O) groups excluding carboxylic acids is 2. The minimum absolute atomic E-state index is 0.00385. The molecule has 0 aliphatic carbocycles. The van der Waals surface area contributed by atoms with Crippen molar-refractivity contribution >= 4 is 34.7 Å². The van der Waals surface area contributed by atoms with Crippen molar-refractivity contribution in [2.45, 2.75) is 13.5 Å². The van der Waals surface area contributed by atoms with Gasteiger partial charge in [0.2, 0.25) is 0 Å². The average Bonchev–Trinajstić information content (AvgIpc) is 3.17. The van der Waals surface area contributed by atoms with Crippen LogP contribution < -0.4 is 10.1 Å². The molecule has 3 rings (SSSR count). The van der Waals surface area contributed by atoms with Crippen molar-refractivity contribution in [1.82, 2.24) is 0 Å². The van der Waals surface area contributed by atoms with Crippen molar-refractivity contribution in [3.8, 4) is 5.75 Å². The van der Waals surface area contributed by atoms with Crippen LogP contribution in [0.4, 0.5) is 11.4 Å². The van der Waals surface area contributed by atoms with Crippen LogP contribution in [-0.2, 0) is 6.61 Å². The predicted octanol–water partition coefficient (Wildman–Crippen LogP) is 4.88. The lowest BCUT2D eigenvalue weighted by atomic mass is 10.1. The molecule has 0 saturated heterocycles. The number of Topliss-reactive ketones (excluding diaryl/α,β-unsaturated/α-hetero) is 1. The fourth-order valence-electron chi connectivity index (χ4n) is 2.46. The van der Waals surface area contributed by atoms with Crippen LogP contribution in [0.2, 0.25) is 5.02 Å². The number of nitro groups is 1. The van der Waals surface area contributed by atoms with Crippen molar-refractivity contribution in [2.75, 3.05) is 5.32 Å². The maximum atomic E-state index is 12.3. The Bertz CT molecular complexity index is 1070. The molecule has 0 atom stereocenters. The Morgan fingerprint density at radius 3 is 2.52 bits per heavy atom. The zero-order chi connectivity index (χ0) is 21.0. The lowest BCUT2D eigenvalue weighted by molar-refractivity contribution is -0.383. The molecule has 8 nitrogen and oxygen atoms in total. The number of halogens is 1. The Labute approximate surface area is 170 Å². The van der Waals surface area contributed by atoms with Gasteiger partial charge in [-0.2, -0.15) is 0 Å². The SMILES string of the molecule is CC(=O)c1ccc(OCc2ccc(C(=O)Nc3ccc(Cl)cc3[N+](=O)[O-])o2)cc1. The number of anilines is 1. The maximum Gasteiger partial charge on any atom is 0.294 e. The second-order valence-corrected chi connectivity index (χ2v) is 6.44. The van der Waals surface area contributed by atoms with Crippen LogP contribution >= 0.6 is 11.6 Å². The minimum atomic E-state index is -0.646. The first-order valence-electron chi connectivity index (χ1n) is 8.41. The van der Waals surface area contributed by atoms with Gasteiger partial charge in [-0.1, -0.05) is 11.6 Å². The monoisotopic (exact) mass is 414 g/mol. The van der Waals surface area contributed by atoms with E-state index in [0.29, 0.717) is 17.1 Å². The summed E-state index contributed by atoms with van der Waals surface area (Å²) >= 11 is 5.76. The van der Waals surface area contributed by atoms with Crippen LogP contribution in [0, 0.1) is 10.1 Å². The van der Waals surface area contributed by atoms with E-state index in [9.17, 15) is 19.7 Å². The largest absolute Gasteiger partial charge is 0.486 e. The van der Waals surface area contributed by atoms with Crippen molar-refractivity contribution in [3.63, 3.8) is 0 Å². The van der Waals surface area contributed by atoms with Crippen LogP contribution in [-0.4, -0.2) is 16.6 Å². The number of hydrogen-bond acceptors (Lipinski definition) is 6. The summed E-state index contributed by atoms with van der Waals surface area (Å²) in [6, 6.07) is 13.5. The molecule has 1 amide bonds. The molecule has 2 aromatic carbocycles. The molecule has 0 unspecified atom stereocenters. The van der Waals surface area contributed by atoms with E-state index in [4.69, 9.17) is 20.8 Å². The van der Waals surface area contributed by atoms with Gasteiger partial charge in [0.1, 0.15) is 23.8 Å². The topological polar surface area (TPSA) is 112 Å². The molecular weight excluding hydrogens is 400 g/mol. The van der Waals surface area contributed by atoms with E-state index in [-0.39, 0.29) is 34.5 Å². The quantitative estimate of drug-likeness (QED) is 0.335. The number of ketones is 1. The highest BCUT2D eigenvalue weighted by atomic mass is 35.5. The molecule has 148 valence electrons. The van der Waals surface area contributed by atoms with Gasteiger partial charge in [-0.15, -0.1) is 0 Å². The summed E-state index contributed by atoms with van der Waals surface area (Å²) in [5, 5.41) is 13.7. The van der Waals surface area contributed by atoms with Gasteiger partial charge in [0.05, 0.1) is 4.92 Å². The second kappa shape index (κ2) is 8.57. The molecule has 29 heavy (non-hydrogen) atoms. The zero-order valence-corrected chi connectivity index (χ0v) is 15.9. The Hall–Kier alpha value is -3.65. The molecule has 1 heterocycles. The van der Waals surface area contributed by atoms with Crippen molar-refractivity contribution < 1.29 is 23.7 Å². The first kappa shape index (κ1) is 20.1. The fourth-order valence-corrected chi connectivity index (χ4v) is 2.63. The normalized spacial score (nSPS) is 10.4. The number of nitro benzene ring substituents is 1. The zero-order valence-electron chi connectivity index (χ0n) is 15.2. The van der Waals surface area contributed by atoms with Gasteiger partial charge in [-0.05, 0) is 55.5 Å². The maximum absolute atomic E-state index is 12.3. The molecule has 0 bridgehead atoms. The van der Waals surface area contributed by atoms with Crippen LogP contribution in [0.15, 0.2) is 59.0 Å². The number of amides is 1. The van der Waals surface area contributed by atoms with E-state index in [1.165, 1.54) is 25.1 Å². The highest BCUT2D eigenvalue weighted by Gasteiger charge is 2.19. The second-order valence-electron chi connectivity index (χ2n) is 6.01. The highest BCUT2D eigenvalue weighted by Crippen LogP contribution is 2.28. The smallest absolute Gasteiger partial charge is 0.294 e. The summed E-state index contributed by atoms with van der Waals surface area (Å²) in [4.78, 5) is 34.1. The Kier molecular flexibility index (Phi) is 5.94. The first-order valence-corrected chi connectivity index (χ1v) is 8.79. The summed E-state index contributed by atoms with van der Waals surface area (Å²) in [7, 11) is 0. The number of carbonyl (C=O) groups is 2. The summed E-state index contributed by atoms with van der Waals surface area (Å²) in [6.07, 6.45) is 0. The molecule has 0 saturated carbocycles. The Morgan fingerprint density at radius 2 is 1.86 bits per heavy atom. The van der Waals surface area contributed by atoms with Gasteiger partial charge in [0, 0.05) is 16.7 Å². The Balaban J connectivity index is 1.64. The first-order chi connectivity index (χ1) is 13.8. The molecule has 9 heteroatoms. The molecule has 0 fully saturated rings. The van der Waals surface area contributed by atoms with Crippen molar-refractivity contribution in [2.24, 2.45) is 0 Å². The third-order valence-corrected chi connectivity index (χ3v) is 4.17. The lowest BCUT2D eigenvalue weighted by Crippen LogP contribution is -2.12. The van der Waals surface area contributed by atoms with Gasteiger partial charge < -0.3 is 14.5 Å². The Morgan fingerprint density at radius 1 is 1.14 bits per heavy atom. The van der Waals surface area contributed by atoms with Crippen LogP contribution in [0.5, 0.6) is 5.75 Å². The van der Waals surface area contributed by atoms with E-state index in [0.717, 1.165) is 6.07 Å². The van der Waals surface area contributed by atoms with Crippen molar-refractivity contribution in [3.05, 3.63) is 86.8 Å². The molecule has 1 aromatic heterocycles. The molecule has 0 aliphatic rings. The third-order valence-electron chi connectivity index (χ3n) is 3.93. The van der Waals surface area contributed by atoms with Gasteiger partial charge >= 0.3 is 0 Å². The van der Waals surface area contributed by atoms with E-state index in [1.807, 2.05) is 0 Å². The number of hydrogen-bond donors (Lipinski definition) is 1. The number of benzene rings is 2. The van der Waals surface area contributed by atoms with Crippen molar-refractivity contribution in [1.29, 1.82) is 0 Å². The average molecular weight is 415 g/mol. The van der Waals surface area contributed by atoms with E-state index in [1.54, 1.807) is 30.3 Å².